The lowest BCUT2D eigenvalue weighted by Crippen LogP contribution is -2.44. The van der Waals surface area contributed by atoms with Crippen molar-refractivity contribution < 1.29 is 14.7 Å². The molecule has 0 saturated heterocycles. The van der Waals surface area contributed by atoms with Crippen LogP contribution in [0.15, 0.2) is 22.7 Å². The molecule has 20 heavy (non-hydrogen) atoms. The molecule has 1 rings (SSSR count). The summed E-state index contributed by atoms with van der Waals surface area (Å²) < 4.78 is 0.905. The summed E-state index contributed by atoms with van der Waals surface area (Å²) in [6.07, 6.45) is 0. The summed E-state index contributed by atoms with van der Waals surface area (Å²) in [5, 5.41) is 14.1. The van der Waals surface area contributed by atoms with E-state index in [4.69, 9.17) is 5.11 Å². The first-order valence-electron chi connectivity index (χ1n) is 6.34. The van der Waals surface area contributed by atoms with Gasteiger partial charge in [0.15, 0.2) is 0 Å². The van der Waals surface area contributed by atoms with Gasteiger partial charge in [-0.15, -0.1) is 0 Å². The highest BCUT2D eigenvalue weighted by Crippen LogP contribution is 2.19. The molecule has 0 aromatic heterocycles. The van der Waals surface area contributed by atoms with Gasteiger partial charge in [0.25, 0.3) is 0 Å². The predicted octanol–water partition coefficient (Wildman–Crippen LogP) is 1.83. The molecule has 1 aromatic rings. The maximum absolute atomic E-state index is 11.8. The summed E-state index contributed by atoms with van der Waals surface area (Å²) >= 11 is 3.33. The summed E-state index contributed by atoms with van der Waals surface area (Å²) in [5.41, 5.74) is 1.45. The zero-order valence-electron chi connectivity index (χ0n) is 11.7. The van der Waals surface area contributed by atoms with Crippen LogP contribution in [0, 0.1) is 12.8 Å². The molecule has 110 valence electrons. The van der Waals surface area contributed by atoms with Gasteiger partial charge in [-0.05, 0) is 43.5 Å². The number of halogens is 1. The van der Waals surface area contributed by atoms with Gasteiger partial charge < -0.3 is 15.7 Å². The number of amides is 2. The molecule has 0 saturated carbocycles. The van der Waals surface area contributed by atoms with E-state index in [2.05, 4.69) is 26.6 Å². The third-order valence-corrected chi connectivity index (χ3v) is 3.64. The van der Waals surface area contributed by atoms with E-state index in [0.29, 0.717) is 5.69 Å². The van der Waals surface area contributed by atoms with Gasteiger partial charge >= 0.3 is 11.8 Å². The monoisotopic (exact) mass is 342 g/mol. The molecule has 2 amide bonds. The molecule has 0 fully saturated rings. The number of hydrogen-bond donors (Lipinski definition) is 3. The second-order valence-electron chi connectivity index (χ2n) is 4.84. The normalized spacial score (nSPS) is 13.4. The molecule has 0 heterocycles. The van der Waals surface area contributed by atoms with Crippen LogP contribution in [0.4, 0.5) is 5.69 Å². The van der Waals surface area contributed by atoms with E-state index in [-0.39, 0.29) is 18.6 Å². The Kier molecular flexibility index (Phi) is 6.16. The zero-order valence-corrected chi connectivity index (χ0v) is 13.3. The molecule has 1 aromatic carbocycles. The lowest BCUT2D eigenvalue weighted by atomic mass is 10.1. The fourth-order valence-electron chi connectivity index (χ4n) is 1.52. The van der Waals surface area contributed by atoms with Crippen LogP contribution in [-0.4, -0.2) is 29.6 Å². The van der Waals surface area contributed by atoms with Crippen LogP contribution in [0.1, 0.15) is 19.4 Å². The molecule has 0 aliphatic rings. The van der Waals surface area contributed by atoms with E-state index in [0.717, 1.165) is 10.0 Å². The fraction of sp³-hybridized carbons (Fsp3) is 0.429. The average Bonchev–Trinajstić information content (AvgIpc) is 2.40. The number of aliphatic hydroxyl groups excluding tert-OH is 1. The number of carbonyl (C=O) groups is 2. The highest BCUT2D eigenvalue weighted by atomic mass is 79.9. The second kappa shape index (κ2) is 7.40. The predicted molar refractivity (Wildman–Crippen MR) is 81.4 cm³/mol. The van der Waals surface area contributed by atoms with Crippen LogP contribution in [0.3, 0.4) is 0 Å². The minimum absolute atomic E-state index is 0.0467. The fourth-order valence-corrected chi connectivity index (χ4v) is 1.99. The summed E-state index contributed by atoms with van der Waals surface area (Å²) in [6.45, 7) is 5.34. The van der Waals surface area contributed by atoms with Crippen molar-refractivity contribution in [2.24, 2.45) is 5.92 Å². The summed E-state index contributed by atoms with van der Waals surface area (Å²) in [6, 6.07) is 5.09. The van der Waals surface area contributed by atoms with E-state index >= 15 is 0 Å². The van der Waals surface area contributed by atoms with Crippen LogP contribution in [0.25, 0.3) is 0 Å². The van der Waals surface area contributed by atoms with Gasteiger partial charge in [0, 0.05) is 22.8 Å². The van der Waals surface area contributed by atoms with Gasteiger partial charge in [-0.2, -0.15) is 0 Å². The Bertz CT molecular complexity index is 505. The Morgan fingerprint density at radius 3 is 2.50 bits per heavy atom. The number of rotatable bonds is 4. The number of aryl methyl sites for hydroxylation is 1. The Balaban J connectivity index is 2.64. The number of anilines is 1. The number of benzene rings is 1. The van der Waals surface area contributed by atoms with Crippen molar-refractivity contribution >= 4 is 33.4 Å². The second-order valence-corrected chi connectivity index (χ2v) is 5.75. The maximum atomic E-state index is 11.8. The highest BCUT2D eigenvalue weighted by Gasteiger charge is 2.19. The van der Waals surface area contributed by atoms with Gasteiger partial charge in [0.2, 0.25) is 0 Å². The number of nitrogens with one attached hydrogen (secondary N) is 2. The highest BCUT2D eigenvalue weighted by molar-refractivity contribution is 9.10. The van der Waals surface area contributed by atoms with Crippen molar-refractivity contribution in [3.63, 3.8) is 0 Å². The van der Waals surface area contributed by atoms with Crippen molar-refractivity contribution in [1.82, 2.24) is 5.32 Å². The Morgan fingerprint density at radius 2 is 1.95 bits per heavy atom. The Morgan fingerprint density at radius 1 is 1.30 bits per heavy atom. The number of hydrogen-bond acceptors (Lipinski definition) is 3. The summed E-state index contributed by atoms with van der Waals surface area (Å²) in [4.78, 5) is 23.5. The molecule has 2 unspecified atom stereocenters. The number of aliphatic hydroxyl groups is 1. The molecule has 3 N–H and O–H groups in total. The van der Waals surface area contributed by atoms with Gasteiger partial charge in [-0.25, -0.2) is 0 Å². The van der Waals surface area contributed by atoms with E-state index in [9.17, 15) is 9.59 Å². The first-order chi connectivity index (χ1) is 9.35. The molecule has 0 bridgehead atoms. The largest absolute Gasteiger partial charge is 0.396 e. The average molecular weight is 343 g/mol. The van der Waals surface area contributed by atoms with E-state index in [1.54, 1.807) is 26.0 Å². The first-order valence-corrected chi connectivity index (χ1v) is 7.13. The molecule has 0 aliphatic heterocycles. The lowest BCUT2D eigenvalue weighted by molar-refractivity contribution is -0.136. The molecule has 2 atom stereocenters. The molecule has 5 nitrogen and oxygen atoms in total. The quantitative estimate of drug-likeness (QED) is 0.730. The lowest BCUT2D eigenvalue weighted by Gasteiger charge is -2.19. The van der Waals surface area contributed by atoms with Crippen molar-refractivity contribution in [3.8, 4) is 0 Å². The van der Waals surface area contributed by atoms with Gasteiger partial charge in [0.1, 0.15) is 0 Å². The van der Waals surface area contributed by atoms with Crippen molar-refractivity contribution in [1.29, 1.82) is 0 Å². The smallest absolute Gasteiger partial charge is 0.313 e. The third-order valence-electron chi connectivity index (χ3n) is 3.14. The van der Waals surface area contributed by atoms with Crippen molar-refractivity contribution in [2.75, 3.05) is 11.9 Å². The zero-order chi connectivity index (χ0) is 15.3. The Labute approximate surface area is 126 Å². The van der Waals surface area contributed by atoms with Gasteiger partial charge in [-0.3, -0.25) is 9.59 Å². The van der Waals surface area contributed by atoms with Gasteiger partial charge in [0.05, 0.1) is 0 Å². The van der Waals surface area contributed by atoms with E-state index in [1.165, 1.54) is 0 Å². The maximum Gasteiger partial charge on any atom is 0.313 e. The molecule has 6 heteroatoms. The van der Waals surface area contributed by atoms with Crippen LogP contribution in [-0.2, 0) is 9.59 Å². The first kappa shape index (κ1) is 16.7. The third kappa shape index (κ3) is 4.61. The van der Waals surface area contributed by atoms with E-state index in [1.807, 2.05) is 13.0 Å². The minimum atomic E-state index is -0.715. The van der Waals surface area contributed by atoms with Crippen molar-refractivity contribution in [2.45, 2.75) is 26.8 Å². The molecule has 0 radical (unpaired) electrons. The summed E-state index contributed by atoms with van der Waals surface area (Å²) in [7, 11) is 0. The Hall–Kier alpha value is -1.40. The topological polar surface area (TPSA) is 78.4 Å². The van der Waals surface area contributed by atoms with Crippen LogP contribution in [0.2, 0.25) is 0 Å². The van der Waals surface area contributed by atoms with Crippen LogP contribution in [0.5, 0.6) is 0 Å². The SMILES string of the molecule is Cc1cc(Br)ccc1NC(=O)C(=O)NC(C)C(C)CO. The van der Waals surface area contributed by atoms with E-state index < -0.39 is 11.8 Å². The minimum Gasteiger partial charge on any atom is -0.396 e. The standard InChI is InChI=1S/C14H19BrN2O3/c1-8-6-11(15)4-5-12(8)17-14(20)13(19)16-10(3)9(2)7-18/h4-6,9-10,18H,7H2,1-3H3,(H,16,19)(H,17,20). The van der Waals surface area contributed by atoms with Gasteiger partial charge in [-0.1, -0.05) is 22.9 Å². The summed E-state index contributed by atoms with van der Waals surface area (Å²) in [5.74, 6) is -1.53. The molecular weight excluding hydrogens is 324 g/mol. The molecule has 0 aliphatic carbocycles. The van der Waals surface area contributed by atoms with Crippen LogP contribution < -0.4 is 10.6 Å². The van der Waals surface area contributed by atoms with Crippen molar-refractivity contribution in [3.05, 3.63) is 28.2 Å². The number of carbonyl (C=O) groups excluding carboxylic acids is 2. The van der Waals surface area contributed by atoms with Crippen LogP contribution >= 0.6 is 15.9 Å². The molecular formula is C14H19BrN2O3. The molecule has 0 spiro atoms.